The van der Waals surface area contributed by atoms with E-state index in [1.807, 2.05) is 12.2 Å². The van der Waals surface area contributed by atoms with Crippen LogP contribution in [-0.4, -0.2) is 43.6 Å². The number of hydrogen-bond donors (Lipinski definition) is 4. The van der Waals surface area contributed by atoms with E-state index in [4.69, 9.17) is 42.3 Å². The van der Waals surface area contributed by atoms with E-state index in [1.165, 1.54) is 12.1 Å². The highest BCUT2D eigenvalue weighted by Crippen LogP contribution is 2.28. The Kier molecular flexibility index (Phi) is 9.23. The highest BCUT2D eigenvalue weighted by atomic mass is 35.5. The van der Waals surface area contributed by atoms with Crippen molar-refractivity contribution in [2.24, 2.45) is 5.73 Å². The van der Waals surface area contributed by atoms with Gasteiger partial charge in [0.25, 0.3) is 0 Å². The first-order valence-corrected chi connectivity index (χ1v) is 12.8. The van der Waals surface area contributed by atoms with Gasteiger partial charge in [-0.2, -0.15) is 0 Å². The third-order valence-corrected chi connectivity index (χ3v) is 6.53. The third kappa shape index (κ3) is 7.34. The Balaban J connectivity index is 0.000000265. The number of aliphatic hydroxyl groups is 3. The van der Waals surface area contributed by atoms with E-state index >= 15 is 0 Å². The lowest BCUT2D eigenvalue weighted by molar-refractivity contribution is -0.0465. The fourth-order valence-electron chi connectivity index (χ4n) is 4.23. The van der Waals surface area contributed by atoms with Gasteiger partial charge in [-0.15, -0.1) is 11.6 Å². The van der Waals surface area contributed by atoms with Gasteiger partial charge in [0.15, 0.2) is 6.29 Å². The molecule has 1 aromatic heterocycles. The van der Waals surface area contributed by atoms with Gasteiger partial charge in [0.2, 0.25) is 0 Å². The number of aliphatic hydroxyl groups excluding tert-OH is 2. The van der Waals surface area contributed by atoms with Crippen molar-refractivity contribution in [3.8, 4) is 5.75 Å². The molecule has 0 bridgehead atoms. The summed E-state index contributed by atoms with van der Waals surface area (Å²) >= 11 is 6.13. The van der Waals surface area contributed by atoms with Crippen LogP contribution in [0.3, 0.4) is 0 Å². The summed E-state index contributed by atoms with van der Waals surface area (Å²) in [5, 5.41) is 27.6. The van der Waals surface area contributed by atoms with Gasteiger partial charge in [0.05, 0.1) is 34.4 Å². The summed E-state index contributed by atoms with van der Waals surface area (Å²) in [5.41, 5.74) is 11.3. The number of alkyl halides is 1. The van der Waals surface area contributed by atoms with E-state index < -0.39 is 12.5 Å². The normalized spacial score (nSPS) is 17.2. The lowest BCUT2D eigenvalue weighted by atomic mass is 9.99. The summed E-state index contributed by atoms with van der Waals surface area (Å²) in [4.78, 5) is 9.56. The minimum Gasteiger partial charge on any atom is -0.493 e. The molecule has 1 aliphatic carbocycles. The predicted molar refractivity (Wildman–Crippen MR) is 141 cm³/mol. The molecule has 2 atom stereocenters. The number of benzene rings is 2. The Bertz CT molecular complexity index is 1300. The standard InChI is InChI=1S/C20H24ClN3O3.C8H7FO/c21-14-8-5-12(6-9-14)19-16(3-1-2-4-18(25)26)23-17-11-13(20(22)27)7-10-15(17)24-19;9-7-2-1-6-3-4-10-8(6)5-7/h5-8,10-11,14,18,20,25-27H,1-4,9,22H2;1-2,5H,3-4H2. The molecule has 2 heterocycles. The number of fused-ring (bicyclic) bond motifs is 2. The van der Waals surface area contributed by atoms with Crippen molar-refractivity contribution < 1.29 is 24.4 Å². The molecule has 9 heteroatoms. The molecule has 1 aliphatic heterocycles. The molecule has 2 aliphatic rings. The summed E-state index contributed by atoms with van der Waals surface area (Å²) in [7, 11) is 0. The van der Waals surface area contributed by atoms with Gasteiger partial charge in [-0.05, 0) is 67.0 Å². The van der Waals surface area contributed by atoms with E-state index in [0.29, 0.717) is 42.7 Å². The van der Waals surface area contributed by atoms with Crippen molar-refractivity contribution in [1.29, 1.82) is 0 Å². The fraction of sp³-hybridized carbons (Fsp3) is 0.357. The zero-order chi connectivity index (χ0) is 26.4. The van der Waals surface area contributed by atoms with Crippen molar-refractivity contribution in [3.05, 3.63) is 83.0 Å². The summed E-state index contributed by atoms with van der Waals surface area (Å²) in [6, 6.07) is 9.97. The van der Waals surface area contributed by atoms with Gasteiger partial charge < -0.3 is 25.8 Å². The number of halogens is 2. The van der Waals surface area contributed by atoms with Crippen molar-refractivity contribution in [2.45, 2.75) is 56.4 Å². The molecule has 0 radical (unpaired) electrons. The molecular weight excluding hydrogens is 497 g/mol. The maximum atomic E-state index is 12.5. The van der Waals surface area contributed by atoms with Gasteiger partial charge in [0, 0.05) is 12.5 Å². The number of nitrogens with two attached hydrogens (primary N) is 1. The van der Waals surface area contributed by atoms with Crippen molar-refractivity contribution in [1.82, 2.24) is 9.97 Å². The number of hydrogen-bond acceptors (Lipinski definition) is 7. The highest BCUT2D eigenvalue weighted by molar-refractivity contribution is 6.22. The minimum absolute atomic E-state index is 0.00902. The van der Waals surface area contributed by atoms with Gasteiger partial charge in [-0.1, -0.05) is 30.4 Å². The Morgan fingerprint density at radius 1 is 1.08 bits per heavy atom. The van der Waals surface area contributed by atoms with Crippen LogP contribution in [0.5, 0.6) is 5.75 Å². The quantitative estimate of drug-likeness (QED) is 0.205. The summed E-state index contributed by atoms with van der Waals surface area (Å²) in [6.07, 6.45) is 7.71. The molecule has 0 fully saturated rings. The Morgan fingerprint density at radius 2 is 1.92 bits per heavy atom. The highest BCUT2D eigenvalue weighted by Gasteiger charge is 2.16. The second kappa shape index (κ2) is 12.6. The monoisotopic (exact) mass is 527 g/mol. The Morgan fingerprint density at radius 3 is 2.65 bits per heavy atom. The summed E-state index contributed by atoms with van der Waals surface area (Å²) in [5.74, 6) is 0.487. The van der Waals surface area contributed by atoms with Crippen LogP contribution in [0.15, 0.2) is 54.6 Å². The fourth-order valence-corrected chi connectivity index (χ4v) is 4.39. The Labute approximate surface area is 220 Å². The molecule has 5 N–H and O–H groups in total. The zero-order valence-electron chi connectivity index (χ0n) is 20.4. The SMILES string of the molecule is Fc1ccc2c(c1)OCC2.NC(O)c1ccc2nc(C3=CCC(Cl)C=C3)c(CCCCC(O)O)nc2c1. The molecule has 0 spiro atoms. The topological polar surface area (TPSA) is 122 Å². The van der Waals surface area contributed by atoms with E-state index in [1.54, 1.807) is 24.3 Å². The van der Waals surface area contributed by atoms with Gasteiger partial charge >= 0.3 is 0 Å². The van der Waals surface area contributed by atoms with Crippen LogP contribution in [0.25, 0.3) is 16.6 Å². The van der Waals surface area contributed by atoms with Crippen LogP contribution in [0.2, 0.25) is 0 Å². The lowest BCUT2D eigenvalue weighted by Gasteiger charge is -2.15. The molecular formula is C28H31ClFN3O4. The molecule has 196 valence electrons. The molecule has 5 rings (SSSR count). The van der Waals surface area contributed by atoms with Crippen LogP contribution in [0.1, 0.15) is 54.4 Å². The number of nitrogens with zero attached hydrogens (tertiary/aromatic N) is 2. The number of allylic oxidation sites excluding steroid dienone is 4. The molecule has 3 aromatic rings. The molecule has 0 saturated heterocycles. The van der Waals surface area contributed by atoms with Gasteiger partial charge in [-0.3, -0.25) is 0 Å². The largest absolute Gasteiger partial charge is 0.493 e. The van der Waals surface area contributed by atoms with E-state index in [9.17, 15) is 9.50 Å². The average Bonchev–Trinajstić information content (AvgIpc) is 3.34. The van der Waals surface area contributed by atoms with Crippen LogP contribution >= 0.6 is 11.6 Å². The number of aryl methyl sites for hydroxylation is 1. The second-order valence-corrected chi connectivity index (χ2v) is 9.62. The molecule has 2 aromatic carbocycles. The predicted octanol–water partition coefficient (Wildman–Crippen LogP) is 4.31. The summed E-state index contributed by atoms with van der Waals surface area (Å²) in [6.45, 7) is 0.693. The first-order chi connectivity index (χ1) is 17.8. The maximum Gasteiger partial charge on any atom is 0.151 e. The van der Waals surface area contributed by atoms with Gasteiger partial charge in [0.1, 0.15) is 17.8 Å². The molecule has 7 nitrogen and oxygen atoms in total. The first-order valence-electron chi connectivity index (χ1n) is 12.3. The lowest BCUT2D eigenvalue weighted by Crippen LogP contribution is -2.09. The molecule has 37 heavy (non-hydrogen) atoms. The smallest absolute Gasteiger partial charge is 0.151 e. The van der Waals surface area contributed by atoms with Crippen molar-refractivity contribution >= 4 is 28.2 Å². The third-order valence-electron chi connectivity index (χ3n) is 6.21. The van der Waals surface area contributed by atoms with Crippen LogP contribution in [0.4, 0.5) is 4.39 Å². The number of unbranched alkanes of at least 4 members (excludes halogenated alkanes) is 1. The maximum absolute atomic E-state index is 12.5. The van der Waals surface area contributed by atoms with E-state index in [0.717, 1.165) is 47.3 Å². The number of aromatic nitrogens is 2. The zero-order valence-corrected chi connectivity index (χ0v) is 21.1. The van der Waals surface area contributed by atoms with Crippen LogP contribution in [-0.2, 0) is 12.8 Å². The molecule has 0 saturated carbocycles. The van der Waals surface area contributed by atoms with Crippen molar-refractivity contribution in [3.63, 3.8) is 0 Å². The average molecular weight is 528 g/mol. The van der Waals surface area contributed by atoms with E-state index in [2.05, 4.69) is 6.08 Å². The Hall–Kier alpha value is -2.88. The first kappa shape index (κ1) is 27.2. The number of rotatable bonds is 7. The van der Waals surface area contributed by atoms with Gasteiger partial charge in [-0.25, -0.2) is 14.4 Å². The van der Waals surface area contributed by atoms with Crippen LogP contribution < -0.4 is 10.5 Å². The second-order valence-electron chi connectivity index (χ2n) is 9.06. The number of ether oxygens (including phenoxy) is 1. The van der Waals surface area contributed by atoms with Crippen molar-refractivity contribution in [2.75, 3.05) is 6.61 Å². The van der Waals surface area contributed by atoms with Crippen LogP contribution in [0, 0.1) is 5.82 Å². The molecule has 0 amide bonds. The molecule has 2 unspecified atom stereocenters. The van der Waals surface area contributed by atoms with E-state index in [-0.39, 0.29) is 11.2 Å². The minimum atomic E-state index is -1.29. The summed E-state index contributed by atoms with van der Waals surface area (Å²) < 4.78 is 17.6.